The van der Waals surface area contributed by atoms with E-state index in [1.165, 1.54) is 6.07 Å². The van der Waals surface area contributed by atoms with Gasteiger partial charge in [-0.25, -0.2) is 4.79 Å². The van der Waals surface area contributed by atoms with Crippen molar-refractivity contribution in [3.05, 3.63) is 23.2 Å². The summed E-state index contributed by atoms with van der Waals surface area (Å²) in [4.78, 5) is 11.7. The first-order valence-corrected chi connectivity index (χ1v) is 8.33. The van der Waals surface area contributed by atoms with Crippen LogP contribution in [-0.4, -0.2) is 25.8 Å². The molecule has 0 radical (unpaired) electrons. The van der Waals surface area contributed by atoms with E-state index in [9.17, 15) is 9.36 Å². The monoisotopic (exact) mass is 304 g/mol. The third-order valence-corrected chi connectivity index (χ3v) is 4.47. The van der Waals surface area contributed by atoms with Crippen molar-refractivity contribution in [3.63, 3.8) is 0 Å². The molecule has 0 aliphatic heterocycles. The zero-order valence-corrected chi connectivity index (χ0v) is 13.2. The van der Waals surface area contributed by atoms with E-state index in [2.05, 4.69) is 0 Å². The van der Waals surface area contributed by atoms with Gasteiger partial charge in [0, 0.05) is 0 Å². The molecule has 0 unspecified atom stereocenters. The average Bonchev–Trinajstić information content (AvgIpc) is 2.70. The van der Waals surface area contributed by atoms with E-state index in [1.807, 2.05) is 0 Å². The molecule has 0 saturated carbocycles. The second-order valence-corrected chi connectivity index (χ2v) is 6.06. The number of esters is 1. The maximum Gasteiger partial charge on any atom is 0.341 e. The van der Waals surface area contributed by atoms with Crippen LogP contribution in [0.25, 0.3) is 0 Å². The molecule has 0 saturated heterocycles. The Morgan fingerprint density at radius 3 is 2.30 bits per heavy atom. The Balaban J connectivity index is 2.90. The highest BCUT2D eigenvalue weighted by atomic mass is 31.2. The number of furan rings is 1. The van der Waals surface area contributed by atoms with Gasteiger partial charge in [0.2, 0.25) is 0 Å². The Morgan fingerprint density at radius 2 is 1.80 bits per heavy atom. The fraction of sp³-hybridized carbons (Fsp3) is 0.615. The molecule has 0 atom stereocenters. The van der Waals surface area contributed by atoms with Gasteiger partial charge in [-0.15, -0.1) is 0 Å². The Morgan fingerprint density at radius 1 is 1.20 bits per heavy atom. The van der Waals surface area contributed by atoms with Crippen molar-refractivity contribution >= 4 is 13.6 Å². The maximum atomic E-state index is 12.4. The van der Waals surface area contributed by atoms with Crippen LogP contribution in [0.3, 0.4) is 0 Å². The molecule has 20 heavy (non-hydrogen) atoms. The highest BCUT2D eigenvalue weighted by Crippen LogP contribution is 2.51. The number of rotatable bonds is 8. The van der Waals surface area contributed by atoms with E-state index < -0.39 is 13.6 Å². The largest absolute Gasteiger partial charge is 0.465 e. The summed E-state index contributed by atoms with van der Waals surface area (Å²) in [6.45, 7) is 7.71. The molecule has 0 aromatic carbocycles. The molecule has 0 spiro atoms. The van der Waals surface area contributed by atoms with E-state index in [0.29, 0.717) is 17.1 Å². The van der Waals surface area contributed by atoms with Crippen LogP contribution in [0.15, 0.2) is 10.5 Å². The lowest BCUT2D eigenvalue weighted by molar-refractivity contribution is 0.0524. The summed E-state index contributed by atoms with van der Waals surface area (Å²) < 4.78 is 33.1. The topological polar surface area (TPSA) is 75.0 Å². The van der Waals surface area contributed by atoms with Crippen LogP contribution in [0.2, 0.25) is 0 Å². The van der Waals surface area contributed by atoms with Crippen LogP contribution in [0.1, 0.15) is 42.6 Å². The molecule has 114 valence electrons. The molecule has 1 heterocycles. The van der Waals surface area contributed by atoms with Gasteiger partial charge in [0.25, 0.3) is 0 Å². The van der Waals surface area contributed by atoms with Crippen molar-refractivity contribution in [1.82, 2.24) is 0 Å². The predicted molar refractivity (Wildman–Crippen MR) is 74.0 cm³/mol. The summed E-state index contributed by atoms with van der Waals surface area (Å²) in [5, 5.41) is 0. The maximum absolute atomic E-state index is 12.4. The Hall–Kier alpha value is -1.10. The second kappa shape index (κ2) is 7.62. The Labute approximate surface area is 118 Å². The minimum atomic E-state index is -3.24. The molecule has 1 aromatic rings. The van der Waals surface area contributed by atoms with Gasteiger partial charge >= 0.3 is 13.6 Å². The zero-order valence-electron chi connectivity index (χ0n) is 12.3. The lowest BCUT2D eigenvalue weighted by Crippen LogP contribution is -2.04. The van der Waals surface area contributed by atoms with Gasteiger partial charge in [0.1, 0.15) is 23.2 Å². The minimum Gasteiger partial charge on any atom is -0.465 e. The summed E-state index contributed by atoms with van der Waals surface area (Å²) in [5.74, 6) is 0.358. The van der Waals surface area contributed by atoms with Crippen LogP contribution in [-0.2, 0) is 24.5 Å². The van der Waals surface area contributed by atoms with Gasteiger partial charge < -0.3 is 18.2 Å². The molecule has 0 aliphatic carbocycles. The molecule has 6 nitrogen and oxygen atoms in total. The SMILES string of the molecule is CCOC(=O)c1cc(CP(=O)(OCC)OCC)oc1C. The minimum absolute atomic E-state index is 0.00503. The summed E-state index contributed by atoms with van der Waals surface area (Å²) in [7, 11) is -3.24. The van der Waals surface area contributed by atoms with E-state index in [1.54, 1.807) is 27.7 Å². The van der Waals surface area contributed by atoms with Crippen molar-refractivity contribution in [2.24, 2.45) is 0 Å². The van der Waals surface area contributed by atoms with Crippen molar-refractivity contribution in [1.29, 1.82) is 0 Å². The lowest BCUT2D eigenvalue weighted by Gasteiger charge is -2.15. The van der Waals surface area contributed by atoms with Gasteiger partial charge in [-0.3, -0.25) is 4.57 Å². The summed E-state index contributed by atoms with van der Waals surface area (Å²) in [5.41, 5.74) is 0.335. The lowest BCUT2D eigenvalue weighted by atomic mass is 10.2. The summed E-state index contributed by atoms with van der Waals surface area (Å²) in [6, 6.07) is 1.53. The molecule has 0 N–H and O–H groups in total. The first-order valence-electron chi connectivity index (χ1n) is 6.60. The van der Waals surface area contributed by atoms with Gasteiger partial charge in [-0.1, -0.05) is 0 Å². The second-order valence-electron chi connectivity index (χ2n) is 4.01. The van der Waals surface area contributed by atoms with E-state index in [4.69, 9.17) is 18.2 Å². The van der Waals surface area contributed by atoms with Crippen molar-refractivity contribution in [2.75, 3.05) is 19.8 Å². The molecule has 0 aliphatic rings. The Bertz CT molecular complexity index is 483. The molecule has 0 bridgehead atoms. The smallest absolute Gasteiger partial charge is 0.341 e. The third-order valence-electron chi connectivity index (χ3n) is 2.47. The van der Waals surface area contributed by atoms with Crippen LogP contribution in [0, 0.1) is 6.92 Å². The zero-order chi connectivity index (χ0) is 15.2. The molecular formula is C13H21O6P. The standard InChI is InChI=1S/C13H21O6P/c1-5-16-13(14)12-8-11(19-10(12)4)9-20(15,17-6-2)18-7-3/h8H,5-7,9H2,1-4H3. The van der Waals surface area contributed by atoms with Gasteiger partial charge in [-0.05, 0) is 33.8 Å². The highest BCUT2D eigenvalue weighted by Gasteiger charge is 2.27. The fourth-order valence-corrected chi connectivity index (χ4v) is 3.33. The normalized spacial score (nSPS) is 11.6. The first kappa shape index (κ1) is 17.0. The average molecular weight is 304 g/mol. The van der Waals surface area contributed by atoms with Crippen LogP contribution in [0.4, 0.5) is 0 Å². The number of ether oxygens (including phenoxy) is 1. The van der Waals surface area contributed by atoms with E-state index >= 15 is 0 Å². The van der Waals surface area contributed by atoms with Crippen molar-refractivity contribution < 1.29 is 27.6 Å². The number of carbonyl (C=O) groups excluding carboxylic acids is 1. The quantitative estimate of drug-likeness (QED) is 0.540. The summed E-state index contributed by atoms with van der Waals surface area (Å²) in [6.07, 6.45) is -0.00503. The number of hydrogen-bond acceptors (Lipinski definition) is 6. The fourth-order valence-electron chi connectivity index (χ4n) is 1.75. The predicted octanol–water partition coefficient (Wildman–Crippen LogP) is 3.53. The van der Waals surface area contributed by atoms with Crippen molar-refractivity contribution in [2.45, 2.75) is 33.9 Å². The van der Waals surface area contributed by atoms with Crippen LogP contribution in [0.5, 0.6) is 0 Å². The number of carbonyl (C=O) groups is 1. The van der Waals surface area contributed by atoms with E-state index in [0.717, 1.165) is 0 Å². The van der Waals surface area contributed by atoms with Gasteiger partial charge in [0.05, 0.1) is 19.8 Å². The molecule has 7 heteroatoms. The molecule has 0 fully saturated rings. The molecule has 1 rings (SSSR count). The van der Waals surface area contributed by atoms with Crippen LogP contribution >= 0.6 is 7.60 Å². The first-order chi connectivity index (χ1) is 9.45. The van der Waals surface area contributed by atoms with Gasteiger partial charge in [0.15, 0.2) is 0 Å². The Kier molecular flexibility index (Phi) is 6.46. The van der Waals surface area contributed by atoms with E-state index in [-0.39, 0.29) is 26.0 Å². The highest BCUT2D eigenvalue weighted by molar-refractivity contribution is 7.53. The van der Waals surface area contributed by atoms with Crippen LogP contribution < -0.4 is 0 Å². The molecule has 0 amide bonds. The summed E-state index contributed by atoms with van der Waals surface area (Å²) >= 11 is 0. The number of aryl methyl sites for hydroxylation is 1. The third kappa shape index (κ3) is 4.47. The van der Waals surface area contributed by atoms with Crippen molar-refractivity contribution in [3.8, 4) is 0 Å². The number of hydrogen-bond donors (Lipinski definition) is 0. The molecular weight excluding hydrogens is 283 g/mol. The molecule has 1 aromatic heterocycles. The van der Waals surface area contributed by atoms with Gasteiger partial charge in [-0.2, -0.15) is 0 Å².